The molecular formula is C31H23BClF4N. The molecule has 0 unspecified atom stereocenters. The molecule has 190 valence electrons. The molecule has 1 heterocycles. The van der Waals surface area contributed by atoms with E-state index in [0.29, 0.717) is 0 Å². The van der Waals surface area contributed by atoms with Crippen molar-refractivity contribution in [3.63, 3.8) is 0 Å². The van der Waals surface area contributed by atoms with Crippen LogP contribution in [0.5, 0.6) is 0 Å². The van der Waals surface area contributed by atoms with E-state index in [-0.39, 0.29) is 0 Å². The van der Waals surface area contributed by atoms with Gasteiger partial charge in [0, 0.05) is 34.4 Å². The molecule has 5 rings (SSSR count). The average molecular weight is 532 g/mol. The van der Waals surface area contributed by atoms with E-state index < -0.39 is 7.25 Å². The molecule has 0 aliphatic rings. The van der Waals surface area contributed by atoms with Gasteiger partial charge in [-0.1, -0.05) is 90.5 Å². The first-order valence-electron chi connectivity index (χ1n) is 11.8. The summed E-state index contributed by atoms with van der Waals surface area (Å²) in [6.07, 6.45) is 4.35. The van der Waals surface area contributed by atoms with Gasteiger partial charge in [-0.15, -0.1) is 0 Å². The summed E-state index contributed by atoms with van der Waals surface area (Å²) in [5.41, 5.74) is 7.92. The van der Waals surface area contributed by atoms with Crippen LogP contribution in [0.1, 0.15) is 11.1 Å². The molecule has 7 heteroatoms. The number of halogens is 5. The quantitative estimate of drug-likeness (QED) is 0.0921. The van der Waals surface area contributed by atoms with Gasteiger partial charge in [-0.3, -0.25) is 0 Å². The zero-order chi connectivity index (χ0) is 27.0. The third kappa shape index (κ3) is 7.67. The van der Waals surface area contributed by atoms with Gasteiger partial charge in [0.15, 0.2) is 6.20 Å². The maximum atomic E-state index is 9.75. The molecule has 0 N–H and O–H groups in total. The summed E-state index contributed by atoms with van der Waals surface area (Å²) in [5.74, 6) is 0. The predicted octanol–water partition coefficient (Wildman–Crippen LogP) is 9.31. The first-order chi connectivity index (χ1) is 18.3. The Kier molecular flexibility index (Phi) is 8.77. The number of benzene rings is 4. The van der Waals surface area contributed by atoms with Crippen molar-refractivity contribution in [2.24, 2.45) is 0 Å². The standard InChI is InChI=1S/C31H23ClN.BF4/c32-29-18-10-11-24(21-29)22-30(26-14-6-2-7-15-26)33-20-19-28(25-12-4-1-5-13-25)23-31(33)27-16-8-3-9-17-27;2-1(3,4)5/h1-23H;/q+1;-1/b30-22-;. The molecule has 0 atom stereocenters. The normalized spacial score (nSPS) is 11.4. The maximum absolute atomic E-state index is 9.75. The van der Waals surface area contributed by atoms with Crippen LogP contribution in [-0.2, 0) is 0 Å². The minimum Gasteiger partial charge on any atom is -0.418 e. The molecule has 0 aliphatic carbocycles. The van der Waals surface area contributed by atoms with Gasteiger partial charge in [0.2, 0.25) is 11.4 Å². The van der Waals surface area contributed by atoms with Gasteiger partial charge in [-0.25, -0.2) is 0 Å². The van der Waals surface area contributed by atoms with Gasteiger partial charge in [0.25, 0.3) is 0 Å². The zero-order valence-corrected chi connectivity index (χ0v) is 20.9. The number of hydrogen-bond acceptors (Lipinski definition) is 0. The molecule has 0 saturated carbocycles. The number of aromatic nitrogens is 1. The number of nitrogens with zero attached hydrogens (tertiary/aromatic N) is 1. The van der Waals surface area contributed by atoms with Crippen LogP contribution < -0.4 is 4.57 Å². The van der Waals surface area contributed by atoms with Gasteiger partial charge in [-0.05, 0) is 53.1 Å². The van der Waals surface area contributed by atoms with Crippen LogP contribution >= 0.6 is 11.6 Å². The Bertz CT molecular complexity index is 1500. The Morgan fingerprint density at radius 3 is 1.74 bits per heavy atom. The fourth-order valence-electron chi connectivity index (χ4n) is 4.01. The highest BCUT2D eigenvalue weighted by Crippen LogP contribution is 2.27. The van der Waals surface area contributed by atoms with E-state index >= 15 is 0 Å². The summed E-state index contributed by atoms with van der Waals surface area (Å²) < 4.78 is 41.3. The Balaban J connectivity index is 0.000000617. The lowest BCUT2D eigenvalue weighted by Gasteiger charge is -2.10. The Labute approximate surface area is 224 Å². The molecule has 0 radical (unpaired) electrons. The van der Waals surface area contributed by atoms with Crippen molar-refractivity contribution in [2.45, 2.75) is 0 Å². The molecule has 0 aliphatic heterocycles. The summed E-state index contributed by atoms with van der Waals surface area (Å²) in [6, 6.07) is 43.9. The van der Waals surface area contributed by atoms with Crippen molar-refractivity contribution in [3.8, 4) is 22.4 Å². The molecule has 4 aromatic carbocycles. The van der Waals surface area contributed by atoms with Crippen molar-refractivity contribution in [1.29, 1.82) is 0 Å². The van der Waals surface area contributed by atoms with E-state index in [4.69, 9.17) is 11.6 Å². The van der Waals surface area contributed by atoms with Crippen molar-refractivity contribution in [1.82, 2.24) is 0 Å². The van der Waals surface area contributed by atoms with Crippen LogP contribution in [0.3, 0.4) is 0 Å². The van der Waals surface area contributed by atoms with Crippen LogP contribution in [0.25, 0.3) is 34.2 Å². The molecule has 5 aromatic rings. The van der Waals surface area contributed by atoms with Gasteiger partial charge < -0.3 is 17.3 Å². The van der Waals surface area contributed by atoms with Gasteiger partial charge in [0.1, 0.15) is 0 Å². The molecular weight excluding hydrogens is 509 g/mol. The lowest BCUT2D eigenvalue weighted by Crippen LogP contribution is -2.35. The van der Waals surface area contributed by atoms with E-state index in [0.717, 1.165) is 33.1 Å². The van der Waals surface area contributed by atoms with Crippen LogP contribution in [0.4, 0.5) is 17.3 Å². The molecule has 0 spiro atoms. The second kappa shape index (κ2) is 12.4. The lowest BCUT2D eigenvalue weighted by atomic mass is 10.0. The molecule has 0 fully saturated rings. The number of pyridine rings is 1. The van der Waals surface area contributed by atoms with Crippen molar-refractivity contribution in [2.75, 3.05) is 0 Å². The number of rotatable bonds is 5. The molecule has 0 saturated heterocycles. The first-order valence-corrected chi connectivity index (χ1v) is 12.2. The zero-order valence-electron chi connectivity index (χ0n) is 20.2. The first kappa shape index (κ1) is 26.9. The van der Waals surface area contributed by atoms with Crippen molar-refractivity contribution < 1.29 is 21.8 Å². The topological polar surface area (TPSA) is 3.88 Å². The summed E-state index contributed by atoms with van der Waals surface area (Å²) in [4.78, 5) is 0. The highest BCUT2D eigenvalue weighted by Gasteiger charge is 2.22. The summed E-state index contributed by atoms with van der Waals surface area (Å²) in [5, 5.41) is 0.726. The molecule has 1 nitrogen and oxygen atoms in total. The van der Waals surface area contributed by atoms with E-state index in [2.05, 4.69) is 114 Å². The monoisotopic (exact) mass is 531 g/mol. The molecule has 1 aromatic heterocycles. The third-order valence-corrected chi connectivity index (χ3v) is 5.85. The fourth-order valence-corrected chi connectivity index (χ4v) is 4.21. The minimum atomic E-state index is -6.00. The average Bonchev–Trinajstić information content (AvgIpc) is 2.92. The van der Waals surface area contributed by atoms with Gasteiger partial charge >= 0.3 is 7.25 Å². The summed E-state index contributed by atoms with van der Waals surface area (Å²) in [7, 11) is -6.00. The fraction of sp³-hybridized carbons (Fsp3) is 0. The Morgan fingerprint density at radius 2 is 1.16 bits per heavy atom. The minimum absolute atomic E-state index is 0.726. The van der Waals surface area contributed by atoms with Crippen molar-refractivity contribution >= 4 is 30.6 Å². The molecule has 38 heavy (non-hydrogen) atoms. The maximum Gasteiger partial charge on any atom is 0.673 e. The largest absolute Gasteiger partial charge is 0.673 e. The SMILES string of the molecule is Clc1cccc(/C=C(/c2ccccc2)[n+]2ccc(-c3ccccc3)cc2-c2ccccc2)c1.F[B-](F)(F)F. The van der Waals surface area contributed by atoms with Crippen molar-refractivity contribution in [3.05, 3.63) is 150 Å². The van der Waals surface area contributed by atoms with Gasteiger partial charge in [-0.2, -0.15) is 4.57 Å². The van der Waals surface area contributed by atoms with Crippen LogP contribution in [0, 0.1) is 0 Å². The van der Waals surface area contributed by atoms with Crippen LogP contribution in [0.2, 0.25) is 5.02 Å². The summed E-state index contributed by atoms with van der Waals surface area (Å²) in [6.45, 7) is 0. The smallest absolute Gasteiger partial charge is 0.418 e. The highest BCUT2D eigenvalue weighted by atomic mass is 35.5. The van der Waals surface area contributed by atoms with Crippen LogP contribution in [-0.4, -0.2) is 7.25 Å². The Hall–Kier alpha value is -4.16. The lowest BCUT2D eigenvalue weighted by molar-refractivity contribution is -0.566. The molecule has 0 amide bonds. The van der Waals surface area contributed by atoms with E-state index in [1.54, 1.807) is 0 Å². The molecule has 0 bridgehead atoms. The van der Waals surface area contributed by atoms with E-state index in [1.165, 1.54) is 11.1 Å². The Morgan fingerprint density at radius 1 is 0.605 bits per heavy atom. The van der Waals surface area contributed by atoms with E-state index in [1.807, 2.05) is 30.3 Å². The second-order valence-corrected chi connectivity index (χ2v) is 8.78. The third-order valence-electron chi connectivity index (χ3n) is 5.61. The second-order valence-electron chi connectivity index (χ2n) is 8.35. The van der Waals surface area contributed by atoms with E-state index in [9.17, 15) is 17.3 Å². The predicted molar refractivity (Wildman–Crippen MR) is 149 cm³/mol. The number of hydrogen-bond donors (Lipinski definition) is 0. The van der Waals surface area contributed by atoms with Crippen LogP contribution in [0.15, 0.2) is 134 Å². The highest BCUT2D eigenvalue weighted by molar-refractivity contribution is 6.50. The van der Waals surface area contributed by atoms with Gasteiger partial charge in [0.05, 0.1) is 0 Å². The summed E-state index contributed by atoms with van der Waals surface area (Å²) >= 11 is 6.30.